The number of aromatic amines is 1. The summed E-state index contributed by atoms with van der Waals surface area (Å²) in [4.78, 5) is 39.1. The number of likely N-dealkylation sites (tertiary alicyclic amines) is 1. The van der Waals surface area contributed by atoms with Crippen molar-refractivity contribution in [3.8, 4) is 0 Å². The van der Waals surface area contributed by atoms with Gasteiger partial charge in [-0.2, -0.15) is 0 Å². The molecule has 1 aromatic heterocycles. The number of nitrogens with one attached hydrogen (secondary N) is 2. The lowest BCUT2D eigenvalue weighted by Gasteiger charge is -2.23. The third-order valence-corrected chi connectivity index (χ3v) is 4.60. The topological polar surface area (TPSA) is 123 Å². The van der Waals surface area contributed by atoms with Gasteiger partial charge in [0, 0.05) is 34.8 Å². The standard InChI is InChI=1S/C18H21N3O5/c22-15(5-6-16(23)24)20-11-3-4-12-13(10-19-14(12)9-11)17(18(25)26)21-7-1-2-8-21/h3-4,9-10,17,19H,1-2,5-8H2,(H,20,22)(H,23,24)(H,25,26). The van der Waals surface area contributed by atoms with Crippen molar-refractivity contribution >= 4 is 34.4 Å². The lowest BCUT2D eigenvalue weighted by atomic mass is 10.0. The summed E-state index contributed by atoms with van der Waals surface area (Å²) < 4.78 is 0. The molecule has 0 radical (unpaired) electrons. The average Bonchev–Trinajstić information content (AvgIpc) is 3.23. The van der Waals surface area contributed by atoms with Crippen LogP contribution in [0.4, 0.5) is 5.69 Å². The van der Waals surface area contributed by atoms with Crippen LogP contribution in [-0.4, -0.2) is 51.0 Å². The Morgan fingerprint density at radius 2 is 1.88 bits per heavy atom. The second-order valence-corrected chi connectivity index (χ2v) is 6.43. The Labute approximate surface area is 149 Å². The number of aliphatic carboxylic acids is 2. The zero-order valence-corrected chi connectivity index (χ0v) is 14.2. The van der Waals surface area contributed by atoms with Crippen molar-refractivity contribution in [1.29, 1.82) is 0 Å². The number of anilines is 1. The van der Waals surface area contributed by atoms with Gasteiger partial charge in [0.05, 0.1) is 6.42 Å². The van der Waals surface area contributed by atoms with Gasteiger partial charge in [0.1, 0.15) is 6.04 Å². The van der Waals surface area contributed by atoms with Gasteiger partial charge < -0.3 is 20.5 Å². The first-order valence-corrected chi connectivity index (χ1v) is 8.55. The molecule has 8 nitrogen and oxygen atoms in total. The second kappa shape index (κ2) is 7.57. The second-order valence-electron chi connectivity index (χ2n) is 6.43. The van der Waals surface area contributed by atoms with E-state index < -0.39 is 18.0 Å². The quantitative estimate of drug-likeness (QED) is 0.601. The number of fused-ring (bicyclic) bond motifs is 1. The van der Waals surface area contributed by atoms with Gasteiger partial charge in [-0.3, -0.25) is 19.3 Å². The third kappa shape index (κ3) is 3.85. The van der Waals surface area contributed by atoms with Crippen LogP contribution in [-0.2, 0) is 14.4 Å². The van der Waals surface area contributed by atoms with Crippen LogP contribution in [0, 0.1) is 0 Å². The highest BCUT2D eigenvalue weighted by atomic mass is 16.4. The van der Waals surface area contributed by atoms with Crippen molar-refractivity contribution < 1.29 is 24.6 Å². The van der Waals surface area contributed by atoms with Crippen LogP contribution in [0.2, 0.25) is 0 Å². The number of rotatable bonds is 7. The smallest absolute Gasteiger partial charge is 0.325 e. The first kappa shape index (κ1) is 17.9. The number of aromatic nitrogens is 1. The summed E-state index contributed by atoms with van der Waals surface area (Å²) in [7, 11) is 0. The molecule has 1 unspecified atom stereocenters. The minimum absolute atomic E-state index is 0.0978. The molecule has 0 spiro atoms. The Bertz CT molecular complexity index is 838. The number of hydrogen-bond donors (Lipinski definition) is 4. The number of carboxylic acid groups (broad SMARTS) is 2. The monoisotopic (exact) mass is 359 g/mol. The SMILES string of the molecule is O=C(O)CCC(=O)Nc1ccc2c(C(C(=O)O)N3CCCC3)c[nH]c2c1. The normalized spacial score (nSPS) is 15.8. The van der Waals surface area contributed by atoms with Crippen LogP contribution in [0.15, 0.2) is 24.4 Å². The van der Waals surface area contributed by atoms with Crippen molar-refractivity contribution in [2.24, 2.45) is 0 Å². The molecule has 1 amide bonds. The molecular formula is C18H21N3O5. The number of benzene rings is 1. The summed E-state index contributed by atoms with van der Waals surface area (Å²) in [6, 6.07) is 4.50. The summed E-state index contributed by atoms with van der Waals surface area (Å²) in [5.41, 5.74) is 1.97. The van der Waals surface area contributed by atoms with E-state index in [0.29, 0.717) is 11.3 Å². The molecule has 26 heavy (non-hydrogen) atoms. The van der Waals surface area contributed by atoms with E-state index in [2.05, 4.69) is 10.3 Å². The Balaban J connectivity index is 1.81. The molecule has 1 aliphatic rings. The van der Waals surface area contributed by atoms with Gasteiger partial charge in [0.2, 0.25) is 5.91 Å². The summed E-state index contributed by atoms with van der Waals surface area (Å²) in [5, 5.41) is 21.8. The molecular weight excluding hydrogens is 338 g/mol. The fraction of sp³-hybridized carbons (Fsp3) is 0.389. The number of carbonyl (C=O) groups is 3. The molecule has 1 saturated heterocycles. The fourth-order valence-corrected chi connectivity index (χ4v) is 3.38. The lowest BCUT2D eigenvalue weighted by Crippen LogP contribution is -2.31. The lowest BCUT2D eigenvalue weighted by molar-refractivity contribution is -0.143. The van der Waals surface area contributed by atoms with E-state index >= 15 is 0 Å². The van der Waals surface area contributed by atoms with Gasteiger partial charge in [-0.15, -0.1) is 0 Å². The molecule has 2 heterocycles. The summed E-state index contributed by atoms with van der Waals surface area (Å²) >= 11 is 0. The van der Waals surface area contributed by atoms with Crippen LogP contribution in [0.3, 0.4) is 0 Å². The Kier molecular flexibility index (Phi) is 5.22. The molecule has 1 atom stereocenters. The van der Waals surface area contributed by atoms with Crippen molar-refractivity contribution in [3.05, 3.63) is 30.0 Å². The predicted molar refractivity (Wildman–Crippen MR) is 95.0 cm³/mol. The summed E-state index contributed by atoms with van der Waals surface area (Å²) in [6.45, 7) is 1.53. The van der Waals surface area contributed by atoms with Crippen LogP contribution >= 0.6 is 0 Å². The van der Waals surface area contributed by atoms with E-state index in [9.17, 15) is 19.5 Å². The Morgan fingerprint density at radius 1 is 1.15 bits per heavy atom. The highest BCUT2D eigenvalue weighted by Crippen LogP contribution is 2.32. The van der Waals surface area contributed by atoms with Crippen LogP contribution in [0.5, 0.6) is 0 Å². The van der Waals surface area contributed by atoms with Crippen molar-refractivity contribution in [1.82, 2.24) is 9.88 Å². The average molecular weight is 359 g/mol. The van der Waals surface area contributed by atoms with E-state index in [1.165, 1.54) is 0 Å². The molecule has 0 saturated carbocycles. The van der Waals surface area contributed by atoms with Crippen LogP contribution in [0.1, 0.15) is 37.3 Å². The zero-order chi connectivity index (χ0) is 18.7. The van der Waals surface area contributed by atoms with E-state index in [1.54, 1.807) is 24.4 Å². The van der Waals surface area contributed by atoms with Gasteiger partial charge in [-0.05, 0) is 38.1 Å². The Morgan fingerprint density at radius 3 is 2.54 bits per heavy atom. The first-order valence-electron chi connectivity index (χ1n) is 8.55. The van der Waals surface area contributed by atoms with Crippen molar-refractivity contribution in [2.45, 2.75) is 31.7 Å². The maximum Gasteiger partial charge on any atom is 0.325 e. The van der Waals surface area contributed by atoms with Gasteiger partial charge in [0.25, 0.3) is 0 Å². The van der Waals surface area contributed by atoms with Gasteiger partial charge >= 0.3 is 11.9 Å². The fourth-order valence-electron chi connectivity index (χ4n) is 3.38. The van der Waals surface area contributed by atoms with E-state index in [1.807, 2.05) is 4.90 Å². The zero-order valence-electron chi connectivity index (χ0n) is 14.2. The predicted octanol–water partition coefficient (Wildman–Crippen LogP) is 2.19. The molecule has 0 bridgehead atoms. The number of H-pyrrole nitrogens is 1. The number of amides is 1. The molecule has 138 valence electrons. The molecule has 4 N–H and O–H groups in total. The third-order valence-electron chi connectivity index (χ3n) is 4.60. The number of hydrogen-bond acceptors (Lipinski definition) is 4. The van der Waals surface area contributed by atoms with Gasteiger partial charge in [-0.1, -0.05) is 6.07 Å². The molecule has 3 rings (SSSR count). The number of carboxylic acids is 2. The van der Waals surface area contributed by atoms with E-state index in [0.717, 1.165) is 36.8 Å². The van der Waals surface area contributed by atoms with E-state index in [-0.39, 0.29) is 18.7 Å². The molecule has 1 fully saturated rings. The van der Waals surface area contributed by atoms with Crippen molar-refractivity contribution in [3.63, 3.8) is 0 Å². The maximum absolute atomic E-state index is 11.8. The summed E-state index contributed by atoms with van der Waals surface area (Å²) in [5.74, 6) is -2.27. The maximum atomic E-state index is 11.8. The minimum Gasteiger partial charge on any atom is -0.481 e. The molecule has 0 aliphatic carbocycles. The highest BCUT2D eigenvalue weighted by Gasteiger charge is 2.31. The van der Waals surface area contributed by atoms with E-state index in [4.69, 9.17) is 5.11 Å². The largest absolute Gasteiger partial charge is 0.481 e. The van der Waals surface area contributed by atoms with Crippen LogP contribution < -0.4 is 5.32 Å². The molecule has 2 aromatic rings. The van der Waals surface area contributed by atoms with Gasteiger partial charge in [-0.25, -0.2) is 0 Å². The summed E-state index contributed by atoms with van der Waals surface area (Å²) in [6.07, 6.45) is 3.38. The van der Waals surface area contributed by atoms with Crippen LogP contribution in [0.25, 0.3) is 10.9 Å². The number of nitrogens with zero attached hydrogens (tertiary/aromatic N) is 1. The minimum atomic E-state index is -1.02. The van der Waals surface area contributed by atoms with Crippen molar-refractivity contribution in [2.75, 3.05) is 18.4 Å². The van der Waals surface area contributed by atoms with Gasteiger partial charge in [0.15, 0.2) is 0 Å². The highest BCUT2D eigenvalue weighted by molar-refractivity contribution is 5.96. The molecule has 8 heteroatoms. The number of carbonyl (C=O) groups excluding carboxylic acids is 1. The first-order chi connectivity index (χ1) is 12.5. The molecule has 1 aliphatic heterocycles. The Hall–Kier alpha value is -2.87. The molecule has 1 aromatic carbocycles.